The first-order valence-corrected chi connectivity index (χ1v) is 15.1. The molecule has 10 nitrogen and oxygen atoms in total. The summed E-state index contributed by atoms with van der Waals surface area (Å²) in [5, 5.41) is 20.1. The van der Waals surface area contributed by atoms with Crippen molar-refractivity contribution in [3.8, 4) is 0 Å². The lowest BCUT2D eigenvalue weighted by atomic mass is 9.95. The Morgan fingerprint density at radius 1 is 1.07 bits per heavy atom. The summed E-state index contributed by atoms with van der Waals surface area (Å²) in [7, 11) is 1.27. The second kappa shape index (κ2) is 11.7. The second-order valence-corrected chi connectivity index (χ2v) is 12.1. The van der Waals surface area contributed by atoms with Gasteiger partial charge in [-0.3, -0.25) is 14.5 Å². The third kappa shape index (κ3) is 5.03. The molecule has 44 heavy (non-hydrogen) atoms. The summed E-state index contributed by atoms with van der Waals surface area (Å²) in [5.41, 5.74) is 3.20. The van der Waals surface area contributed by atoms with Crippen LogP contribution in [-0.2, 0) is 20.1 Å². The van der Waals surface area contributed by atoms with Crippen molar-refractivity contribution in [2.75, 3.05) is 12.0 Å². The number of benzene rings is 2. The van der Waals surface area contributed by atoms with E-state index in [1.807, 2.05) is 19.1 Å². The molecule has 1 atom stereocenters. The van der Waals surface area contributed by atoms with E-state index < -0.39 is 29.5 Å². The van der Waals surface area contributed by atoms with Gasteiger partial charge in [-0.25, -0.2) is 14.2 Å². The highest BCUT2D eigenvalue weighted by Crippen LogP contribution is 2.44. The molecule has 2 aromatic carbocycles. The van der Waals surface area contributed by atoms with Gasteiger partial charge in [0.25, 0.3) is 5.78 Å². The molecule has 1 N–H and O–H groups in total. The van der Waals surface area contributed by atoms with Crippen LogP contribution >= 0.6 is 23.1 Å². The summed E-state index contributed by atoms with van der Waals surface area (Å²) in [6, 6.07) is 15.2. The summed E-state index contributed by atoms with van der Waals surface area (Å²) >= 11 is 2.30. The molecular weight excluding hydrogens is 606 g/mol. The summed E-state index contributed by atoms with van der Waals surface area (Å²) in [6.45, 7) is 3.64. The molecule has 6 rings (SSSR count). The minimum Gasteiger partial charge on any atom is -0.505 e. The topological polar surface area (TPSA) is 127 Å². The number of thioether (sulfide) groups is 1. The Morgan fingerprint density at radius 3 is 2.52 bits per heavy atom. The Kier molecular flexibility index (Phi) is 7.74. The maximum atomic E-state index is 14.2. The van der Waals surface area contributed by atoms with Gasteiger partial charge in [-0.15, -0.1) is 10.2 Å². The number of aliphatic hydroxyl groups excluding tert-OH is 1. The molecule has 1 fully saturated rings. The number of fused-ring (bicyclic) bond motifs is 1. The molecule has 4 heterocycles. The van der Waals surface area contributed by atoms with E-state index in [0.29, 0.717) is 26.8 Å². The van der Waals surface area contributed by atoms with Crippen molar-refractivity contribution in [3.63, 3.8) is 0 Å². The lowest BCUT2D eigenvalue weighted by Gasteiger charge is -2.22. The van der Waals surface area contributed by atoms with E-state index in [4.69, 9.17) is 4.74 Å². The van der Waals surface area contributed by atoms with Crippen LogP contribution in [0.25, 0.3) is 11.4 Å². The Balaban J connectivity index is 1.45. The van der Waals surface area contributed by atoms with Gasteiger partial charge < -0.3 is 14.2 Å². The van der Waals surface area contributed by atoms with Gasteiger partial charge in [-0.1, -0.05) is 59.5 Å². The molecule has 0 spiro atoms. The predicted octanol–water partition coefficient (Wildman–Crippen LogP) is 5.65. The van der Waals surface area contributed by atoms with Crippen LogP contribution in [0.4, 0.5) is 9.52 Å². The van der Waals surface area contributed by atoms with Gasteiger partial charge in [0, 0.05) is 11.9 Å². The fraction of sp³-hybridized carbons (Fsp3) is 0.161. The Labute approximate surface area is 258 Å². The maximum absolute atomic E-state index is 14.2. The zero-order chi connectivity index (χ0) is 31.1. The number of halogens is 1. The molecule has 1 aliphatic heterocycles. The molecule has 0 saturated carbocycles. The summed E-state index contributed by atoms with van der Waals surface area (Å²) in [4.78, 5) is 45.1. The maximum Gasteiger partial charge on any atom is 0.337 e. The smallest absolute Gasteiger partial charge is 0.337 e. The van der Waals surface area contributed by atoms with Crippen LogP contribution in [0.1, 0.15) is 44.5 Å². The Morgan fingerprint density at radius 2 is 1.82 bits per heavy atom. The number of aryl methyl sites for hydroxylation is 2. The number of carbonyl (C=O) groups excluding carboxylic acids is 3. The van der Waals surface area contributed by atoms with Gasteiger partial charge in [-0.05, 0) is 54.8 Å². The predicted molar refractivity (Wildman–Crippen MR) is 163 cm³/mol. The van der Waals surface area contributed by atoms with E-state index in [1.165, 1.54) is 42.0 Å². The van der Waals surface area contributed by atoms with Crippen LogP contribution in [0.3, 0.4) is 0 Å². The van der Waals surface area contributed by atoms with E-state index >= 15 is 0 Å². The number of rotatable bonds is 7. The lowest BCUT2D eigenvalue weighted by Crippen LogP contribution is -2.29. The standard InChI is InChI=1S/C31H24FN5O5S2/c1-16-7-6-14-36-17(2)23(33-27(16)36)25(38)22-24(18-10-12-19(13-11-18)29(41)42-3)37(28(40)26(22)39)30-34-35-31(44-30)43-15-20-8-4-5-9-21(20)32/h4-14,24,38H,15H2,1-3H3. The number of nitrogens with zero attached hydrogens (tertiary/aromatic N) is 5. The van der Waals surface area contributed by atoms with Gasteiger partial charge >= 0.3 is 11.9 Å². The molecule has 0 aliphatic carbocycles. The molecule has 1 amide bonds. The number of amides is 1. The molecular formula is C31H24FN5O5S2. The Hall–Kier alpha value is -4.88. The number of hydrogen-bond acceptors (Lipinski definition) is 10. The number of aromatic nitrogens is 4. The minimum atomic E-state index is -1.11. The van der Waals surface area contributed by atoms with Crippen molar-refractivity contribution in [2.24, 2.45) is 0 Å². The molecule has 0 bridgehead atoms. The average Bonchev–Trinajstić information content (AvgIpc) is 3.71. The first-order valence-electron chi connectivity index (χ1n) is 13.3. The largest absolute Gasteiger partial charge is 0.505 e. The van der Waals surface area contributed by atoms with Gasteiger partial charge in [-0.2, -0.15) is 0 Å². The monoisotopic (exact) mass is 629 g/mol. The van der Waals surface area contributed by atoms with Gasteiger partial charge in [0.2, 0.25) is 5.13 Å². The molecule has 5 aromatic rings. The number of aliphatic hydroxyl groups is 1. The summed E-state index contributed by atoms with van der Waals surface area (Å²) < 4.78 is 21.2. The fourth-order valence-corrected chi connectivity index (χ4v) is 6.91. The van der Waals surface area contributed by atoms with Crippen LogP contribution in [0.15, 0.2) is 76.8 Å². The highest BCUT2D eigenvalue weighted by atomic mass is 32.2. The van der Waals surface area contributed by atoms with Crippen molar-refractivity contribution in [1.29, 1.82) is 0 Å². The fourth-order valence-electron chi connectivity index (χ4n) is 5.05. The zero-order valence-corrected chi connectivity index (χ0v) is 25.3. The van der Waals surface area contributed by atoms with E-state index in [-0.39, 0.29) is 33.5 Å². The molecule has 222 valence electrons. The molecule has 1 saturated heterocycles. The van der Waals surface area contributed by atoms with E-state index in [9.17, 15) is 23.9 Å². The number of hydrogen-bond donors (Lipinski definition) is 1. The van der Waals surface area contributed by atoms with Crippen molar-refractivity contribution >= 4 is 57.3 Å². The number of ketones is 1. The van der Waals surface area contributed by atoms with Crippen molar-refractivity contribution in [2.45, 2.75) is 30.0 Å². The SMILES string of the molecule is COC(=O)c1ccc(C2C(=C(O)c3nc4c(C)cccn4c3C)C(=O)C(=O)N2c2nnc(SCc3ccccc3F)s2)cc1. The summed E-state index contributed by atoms with van der Waals surface area (Å²) in [5.74, 6) is -2.88. The molecule has 1 aliphatic rings. The van der Waals surface area contributed by atoms with E-state index in [1.54, 1.807) is 47.9 Å². The van der Waals surface area contributed by atoms with Crippen molar-refractivity contribution in [1.82, 2.24) is 19.6 Å². The quantitative estimate of drug-likeness (QED) is 0.0607. The normalized spacial score (nSPS) is 16.2. The minimum absolute atomic E-state index is 0.117. The molecule has 1 unspecified atom stereocenters. The second-order valence-electron chi connectivity index (χ2n) is 9.94. The van der Waals surface area contributed by atoms with E-state index in [2.05, 4.69) is 15.2 Å². The molecule has 13 heteroatoms. The van der Waals surface area contributed by atoms with Gasteiger partial charge in [0.05, 0.1) is 30.0 Å². The van der Waals surface area contributed by atoms with Crippen molar-refractivity contribution in [3.05, 3.63) is 112 Å². The Bertz CT molecular complexity index is 1990. The first-order chi connectivity index (χ1) is 21.2. The van der Waals surface area contributed by atoms with Crippen LogP contribution in [0, 0.1) is 19.7 Å². The van der Waals surface area contributed by atoms with Gasteiger partial charge in [0.1, 0.15) is 17.2 Å². The number of pyridine rings is 1. The van der Waals surface area contributed by atoms with Crippen molar-refractivity contribution < 1.29 is 28.6 Å². The van der Waals surface area contributed by atoms with Crippen LogP contribution < -0.4 is 4.90 Å². The summed E-state index contributed by atoms with van der Waals surface area (Å²) in [6.07, 6.45) is 1.80. The van der Waals surface area contributed by atoms with Crippen LogP contribution in [-0.4, -0.2) is 49.5 Å². The number of carbonyl (C=O) groups is 3. The number of ether oxygens (including phenoxy) is 1. The number of Topliss-reactive ketones (excluding diaryl/α,β-unsaturated/α-hetero) is 1. The number of esters is 1. The number of methoxy groups -OCH3 is 1. The van der Waals surface area contributed by atoms with Gasteiger partial charge in [0.15, 0.2) is 10.1 Å². The molecule has 3 aromatic heterocycles. The van der Waals surface area contributed by atoms with Crippen LogP contribution in [0.2, 0.25) is 0 Å². The number of anilines is 1. The first kappa shape index (κ1) is 29.2. The third-order valence-corrected chi connectivity index (χ3v) is 9.42. The van der Waals surface area contributed by atoms with Crippen LogP contribution in [0.5, 0.6) is 0 Å². The number of imidazole rings is 1. The van der Waals surface area contributed by atoms with E-state index in [0.717, 1.165) is 16.9 Å². The zero-order valence-electron chi connectivity index (χ0n) is 23.6. The lowest BCUT2D eigenvalue weighted by molar-refractivity contribution is -0.132. The third-order valence-electron chi connectivity index (χ3n) is 7.31. The average molecular weight is 630 g/mol. The highest BCUT2D eigenvalue weighted by molar-refractivity contribution is 8.00. The highest BCUT2D eigenvalue weighted by Gasteiger charge is 2.49. The molecule has 0 radical (unpaired) electrons.